The van der Waals surface area contributed by atoms with E-state index in [-0.39, 0.29) is 24.5 Å². The maximum Gasteiger partial charge on any atom is 0.224 e. The maximum absolute atomic E-state index is 12.1. The zero-order valence-electron chi connectivity index (χ0n) is 13.8. The number of carbonyl (C=O) groups is 2. The van der Waals surface area contributed by atoms with Crippen molar-refractivity contribution in [3.05, 3.63) is 59.2 Å². The molecule has 0 atom stereocenters. The monoisotopic (exact) mass is 323 g/mol. The van der Waals surface area contributed by atoms with Crippen molar-refractivity contribution in [3.8, 4) is 5.75 Å². The van der Waals surface area contributed by atoms with Gasteiger partial charge < -0.3 is 10.1 Å². The first kappa shape index (κ1) is 16.2. The number of ketones is 1. The lowest BCUT2D eigenvalue weighted by Gasteiger charge is -2.07. The van der Waals surface area contributed by atoms with E-state index >= 15 is 0 Å². The Hall–Kier alpha value is -2.62. The summed E-state index contributed by atoms with van der Waals surface area (Å²) in [5.74, 6) is 0.539. The van der Waals surface area contributed by atoms with Crippen molar-refractivity contribution in [1.29, 1.82) is 0 Å². The van der Waals surface area contributed by atoms with Crippen molar-refractivity contribution in [2.75, 3.05) is 12.4 Å². The summed E-state index contributed by atoms with van der Waals surface area (Å²) in [5.41, 5.74) is 4.11. The van der Waals surface area contributed by atoms with Gasteiger partial charge in [-0.05, 0) is 66.8 Å². The largest absolute Gasteiger partial charge is 0.497 e. The standard InChI is InChI=1S/C20H21NO3/c1-24-18-9-6-15(7-10-18)19(22)11-12-20(23)21-17-8-5-14-3-2-4-16(14)13-17/h5-10,13H,2-4,11-12H2,1H3,(H,21,23). The van der Waals surface area contributed by atoms with Crippen molar-refractivity contribution in [3.63, 3.8) is 0 Å². The molecular formula is C20H21NO3. The fourth-order valence-electron chi connectivity index (χ4n) is 3.02. The molecule has 2 aromatic carbocycles. The molecule has 1 amide bonds. The normalized spacial score (nSPS) is 12.5. The number of carbonyl (C=O) groups excluding carboxylic acids is 2. The molecule has 3 rings (SSSR count). The average Bonchev–Trinajstić information content (AvgIpc) is 3.07. The Bertz CT molecular complexity index is 750. The zero-order chi connectivity index (χ0) is 16.9. The predicted molar refractivity (Wildman–Crippen MR) is 93.7 cm³/mol. The van der Waals surface area contributed by atoms with Gasteiger partial charge in [0.1, 0.15) is 5.75 Å². The third-order valence-electron chi connectivity index (χ3n) is 4.37. The minimum absolute atomic E-state index is 0.0400. The summed E-state index contributed by atoms with van der Waals surface area (Å²) in [5, 5.41) is 2.89. The van der Waals surface area contributed by atoms with Crippen LogP contribution in [0.5, 0.6) is 5.75 Å². The molecule has 1 aliphatic rings. The van der Waals surface area contributed by atoms with Crippen molar-refractivity contribution in [2.45, 2.75) is 32.1 Å². The molecule has 1 aliphatic carbocycles. The van der Waals surface area contributed by atoms with Crippen LogP contribution in [0.1, 0.15) is 40.7 Å². The van der Waals surface area contributed by atoms with Gasteiger partial charge >= 0.3 is 0 Å². The Labute approximate surface area is 141 Å². The van der Waals surface area contributed by atoms with Gasteiger partial charge in [0, 0.05) is 24.1 Å². The number of ether oxygens (including phenoxy) is 1. The molecule has 0 radical (unpaired) electrons. The molecule has 0 aliphatic heterocycles. The van der Waals surface area contributed by atoms with Crippen molar-refractivity contribution in [2.24, 2.45) is 0 Å². The lowest BCUT2D eigenvalue weighted by atomic mass is 10.1. The van der Waals surface area contributed by atoms with Crippen LogP contribution < -0.4 is 10.1 Å². The summed E-state index contributed by atoms with van der Waals surface area (Å²) >= 11 is 0. The fraction of sp³-hybridized carbons (Fsp3) is 0.300. The molecule has 124 valence electrons. The van der Waals surface area contributed by atoms with Crippen LogP contribution in [-0.2, 0) is 17.6 Å². The van der Waals surface area contributed by atoms with E-state index in [1.54, 1.807) is 31.4 Å². The number of fused-ring (bicyclic) bond motifs is 1. The van der Waals surface area contributed by atoms with Crippen molar-refractivity contribution in [1.82, 2.24) is 0 Å². The summed E-state index contributed by atoms with van der Waals surface area (Å²) in [7, 11) is 1.58. The van der Waals surface area contributed by atoms with E-state index < -0.39 is 0 Å². The highest BCUT2D eigenvalue weighted by Gasteiger charge is 2.13. The Morgan fingerprint density at radius 3 is 2.50 bits per heavy atom. The highest BCUT2D eigenvalue weighted by Crippen LogP contribution is 2.25. The molecule has 1 N–H and O–H groups in total. The number of Topliss-reactive ketones (excluding diaryl/α,β-unsaturated/α-hetero) is 1. The lowest BCUT2D eigenvalue weighted by Crippen LogP contribution is -2.13. The van der Waals surface area contributed by atoms with Crippen LogP contribution >= 0.6 is 0 Å². The van der Waals surface area contributed by atoms with E-state index in [1.807, 2.05) is 12.1 Å². The van der Waals surface area contributed by atoms with Crippen LogP contribution in [0.2, 0.25) is 0 Å². The van der Waals surface area contributed by atoms with Crippen molar-refractivity contribution >= 4 is 17.4 Å². The maximum atomic E-state index is 12.1. The van der Waals surface area contributed by atoms with E-state index in [4.69, 9.17) is 4.74 Å². The number of hydrogen-bond acceptors (Lipinski definition) is 3. The molecule has 4 nitrogen and oxygen atoms in total. The molecule has 0 aromatic heterocycles. The van der Waals surface area contributed by atoms with Crippen LogP contribution in [0.15, 0.2) is 42.5 Å². The van der Waals surface area contributed by atoms with Crippen molar-refractivity contribution < 1.29 is 14.3 Å². The number of methoxy groups -OCH3 is 1. The minimum atomic E-state index is -0.130. The van der Waals surface area contributed by atoms with Crippen LogP contribution in [0.4, 0.5) is 5.69 Å². The third-order valence-corrected chi connectivity index (χ3v) is 4.37. The second-order valence-electron chi connectivity index (χ2n) is 6.04. The third kappa shape index (κ3) is 3.82. The Kier molecular flexibility index (Phi) is 4.94. The molecule has 2 aromatic rings. The summed E-state index contributed by atoms with van der Waals surface area (Å²) in [6.07, 6.45) is 3.77. The molecule has 0 unspecified atom stereocenters. The first-order chi connectivity index (χ1) is 11.7. The molecule has 0 fully saturated rings. The molecular weight excluding hydrogens is 302 g/mol. The van der Waals surface area contributed by atoms with Gasteiger partial charge in [-0.1, -0.05) is 6.07 Å². The van der Waals surface area contributed by atoms with Crippen LogP contribution in [0.25, 0.3) is 0 Å². The van der Waals surface area contributed by atoms with E-state index in [1.165, 1.54) is 17.5 Å². The van der Waals surface area contributed by atoms with Gasteiger partial charge in [0.25, 0.3) is 0 Å². The smallest absolute Gasteiger partial charge is 0.224 e. The number of hydrogen-bond donors (Lipinski definition) is 1. The van der Waals surface area contributed by atoms with Crippen LogP contribution in [0, 0.1) is 0 Å². The predicted octanol–water partition coefficient (Wildman–Crippen LogP) is 3.79. The fourth-order valence-corrected chi connectivity index (χ4v) is 3.02. The molecule has 0 bridgehead atoms. The Morgan fingerprint density at radius 2 is 1.75 bits per heavy atom. The van der Waals surface area contributed by atoms with Gasteiger partial charge in [0.05, 0.1) is 7.11 Å². The van der Waals surface area contributed by atoms with Gasteiger partial charge in [0.15, 0.2) is 5.78 Å². The molecule has 4 heteroatoms. The molecule has 0 heterocycles. The van der Waals surface area contributed by atoms with E-state index in [9.17, 15) is 9.59 Å². The highest BCUT2D eigenvalue weighted by molar-refractivity contribution is 6.00. The summed E-state index contributed by atoms with van der Waals surface area (Å²) < 4.78 is 5.07. The second-order valence-corrected chi connectivity index (χ2v) is 6.04. The molecule has 24 heavy (non-hydrogen) atoms. The zero-order valence-corrected chi connectivity index (χ0v) is 13.8. The number of amides is 1. The second kappa shape index (κ2) is 7.30. The number of rotatable bonds is 6. The van der Waals surface area contributed by atoms with Gasteiger partial charge in [0.2, 0.25) is 5.91 Å². The number of aryl methyl sites for hydroxylation is 2. The SMILES string of the molecule is COc1ccc(C(=O)CCC(=O)Nc2ccc3c(c2)CCC3)cc1. The highest BCUT2D eigenvalue weighted by atomic mass is 16.5. The summed E-state index contributed by atoms with van der Waals surface area (Å²) in [6, 6.07) is 13.0. The molecule has 0 saturated heterocycles. The molecule has 0 saturated carbocycles. The Morgan fingerprint density at radius 1 is 1.00 bits per heavy atom. The summed E-state index contributed by atoms with van der Waals surface area (Å²) in [6.45, 7) is 0. The minimum Gasteiger partial charge on any atom is -0.497 e. The van der Waals surface area contributed by atoms with E-state index in [2.05, 4.69) is 11.4 Å². The lowest BCUT2D eigenvalue weighted by molar-refractivity contribution is -0.116. The topological polar surface area (TPSA) is 55.4 Å². The Balaban J connectivity index is 1.52. The first-order valence-electron chi connectivity index (χ1n) is 8.24. The number of nitrogens with one attached hydrogen (secondary N) is 1. The van der Waals surface area contributed by atoms with Crippen LogP contribution in [-0.4, -0.2) is 18.8 Å². The van der Waals surface area contributed by atoms with E-state index in [0.29, 0.717) is 11.3 Å². The van der Waals surface area contributed by atoms with Gasteiger partial charge in [-0.3, -0.25) is 9.59 Å². The van der Waals surface area contributed by atoms with Gasteiger partial charge in [-0.2, -0.15) is 0 Å². The molecule has 0 spiro atoms. The van der Waals surface area contributed by atoms with Gasteiger partial charge in [-0.15, -0.1) is 0 Å². The average molecular weight is 323 g/mol. The summed E-state index contributed by atoms with van der Waals surface area (Å²) in [4.78, 5) is 24.2. The van der Waals surface area contributed by atoms with E-state index in [0.717, 1.165) is 18.5 Å². The number of benzene rings is 2. The quantitative estimate of drug-likeness (QED) is 0.823. The van der Waals surface area contributed by atoms with Crippen LogP contribution in [0.3, 0.4) is 0 Å². The first-order valence-corrected chi connectivity index (χ1v) is 8.24. The number of anilines is 1. The van der Waals surface area contributed by atoms with Gasteiger partial charge in [-0.25, -0.2) is 0 Å².